The summed E-state index contributed by atoms with van der Waals surface area (Å²) in [5.41, 5.74) is 6.15. The van der Waals surface area contributed by atoms with Crippen LogP contribution in [0.1, 0.15) is 16.7 Å². The first-order chi connectivity index (χ1) is 16.3. The molecule has 0 unspecified atom stereocenters. The lowest BCUT2D eigenvalue weighted by Gasteiger charge is -2.35. The maximum Gasteiger partial charge on any atom is 0.188 e. The van der Waals surface area contributed by atoms with E-state index in [2.05, 4.69) is 77.8 Å². The Bertz CT molecular complexity index is 1470. The van der Waals surface area contributed by atoms with Crippen molar-refractivity contribution in [3.63, 3.8) is 0 Å². The summed E-state index contributed by atoms with van der Waals surface area (Å²) in [6.07, 6.45) is 0.623. The van der Waals surface area contributed by atoms with E-state index in [-0.39, 0.29) is 0 Å². The second-order valence-corrected chi connectivity index (χ2v) is 8.32. The normalized spacial score (nSPS) is 11.9. The summed E-state index contributed by atoms with van der Waals surface area (Å²) in [7, 11) is 0. The molecule has 0 N–H and O–H groups in total. The number of hydrogen-bond acceptors (Lipinski definition) is 4. The topological polar surface area (TPSA) is 61.4 Å². The van der Waals surface area contributed by atoms with Crippen LogP contribution in [0.15, 0.2) is 103 Å². The minimum atomic E-state index is -0.818. The standard InChI is InChI=1S/C27H22N6/c1-20-15-17-22(18-16-20)27(19-21-9-3-2-4-10-21,32-25-13-7-5-11-23(25)28-30-32)33-26-14-8-6-12-24(26)29-31-33/h2-18H,19H2,1H3. The first kappa shape index (κ1) is 19.4. The highest BCUT2D eigenvalue weighted by molar-refractivity contribution is 5.76. The van der Waals surface area contributed by atoms with Gasteiger partial charge in [-0.2, -0.15) is 0 Å². The highest BCUT2D eigenvalue weighted by atomic mass is 15.6. The number of fused-ring (bicyclic) bond motifs is 2. The van der Waals surface area contributed by atoms with Crippen molar-refractivity contribution < 1.29 is 0 Å². The van der Waals surface area contributed by atoms with Crippen LogP contribution in [0.5, 0.6) is 0 Å². The maximum absolute atomic E-state index is 4.70. The third-order valence-corrected chi connectivity index (χ3v) is 6.21. The molecule has 0 saturated heterocycles. The quantitative estimate of drug-likeness (QED) is 0.387. The third kappa shape index (κ3) is 3.10. The predicted molar refractivity (Wildman–Crippen MR) is 129 cm³/mol. The van der Waals surface area contributed by atoms with Crippen molar-refractivity contribution in [2.24, 2.45) is 0 Å². The van der Waals surface area contributed by atoms with Crippen molar-refractivity contribution in [1.29, 1.82) is 0 Å². The molecule has 0 bridgehead atoms. The molecule has 0 aliphatic rings. The van der Waals surface area contributed by atoms with Crippen LogP contribution in [0.2, 0.25) is 0 Å². The summed E-state index contributed by atoms with van der Waals surface area (Å²) >= 11 is 0. The van der Waals surface area contributed by atoms with Crippen LogP contribution in [0.4, 0.5) is 0 Å². The van der Waals surface area contributed by atoms with Gasteiger partial charge in [-0.3, -0.25) is 0 Å². The summed E-state index contributed by atoms with van der Waals surface area (Å²) in [5.74, 6) is 0. The van der Waals surface area contributed by atoms with Gasteiger partial charge in [0, 0.05) is 12.0 Å². The molecule has 0 fully saturated rings. The van der Waals surface area contributed by atoms with Gasteiger partial charge < -0.3 is 0 Å². The van der Waals surface area contributed by atoms with Crippen LogP contribution in [0.3, 0.4) is 0 Å². The van der Waals surface area contributed by atoms with E-state index in [1.165, 1.54) is 5.56 Å². The smallest absolute Gasteiger partial charge is 0.188 e. The monoisotopic (exact) mass is 430 g/mol. The highest BCUT2D eigenvalue weighted by Crippen LogP contribution is 2.36. The molecule has 4 aromatic carbocycles. The molecule has 0 aliphatic heterocycles. The second kappa shape index (κ2) is 7.67. The largest absolute Gasteiger partial charge is 0.212 e. The Morgan fingerprint density at radius 2 is 1.12 bits per heavy atom. The fourth-order valence-electron chi connectivity index (χ4n) is 4.57. The van der Waals surface area contributed by atoms with E-state index in [1.807, 2.05) is 51.8 Å². The van der Waals surface area contributed by atoms with Crippen molar-refractivity contribution in [3.05, 3.63) is 120 Å². The fourth-order valence-corrected chi connectivity index (χ4v) is 4.57. The number of para-hydroxylation sites is 2. The lowest BCUT2D eigenvalue weighted by atomic mass is 9.90. The van der Waals surface area contributed by atoms with Crippen LogP contribution in [0.25, 0.3) is 22.1 Å². The molecule has 2 heterocycles. The van der Waals surface area contributed by atoms with Gasteiger partial charge in [-0.05, 0) is 36.8 Å². The van der Waals surface area contributed by atoms with Crippen molar-refractivity contribution >= 4 is 22.1 Å². The van der Waals surface area contributed by atoms with Gasteiger partial charge in [0.05, 0.1) is 11.0 Å². The van der Waals surface area contributed by atoms with E-state index >= 15 is 0 Å². The zero-order valence-electron chi connectivity index (χ0n) is 18.2. The van der Waals surface area contributed by atoms with Gasteiger partial charge >= 0.3 is 0 Å². The molecule has 6 nitrogen and oxygen atoms in total. The molecule has 6 rings (SSSR count). The summed E-state index contributed by atoms with van der Waals surface area (Å²) in [4.78, 5) is 0. The van der Waals surface area contributed by atoms with Gasteiger partial charge in [0.1, 0.15) is 11.0 Å². The molecular formula is C27H22N6. The lowest BCUT2D eigenvalue weighted by Crippen LogP contribution is -2.46. The maximum atomic E-state index is 4.70. The molecule has 0 spiro atoms. The van der Waals surface area contributed by atoms with Gasteiger partial charge in [-0.25, -0.2) is 9.36 Å². The molecule has 6 heteroatoms. The number of hydrogen-bond donors (Lipinski definition) is 0. The minimum absolute atomic E-state index is 0.623. The van der Waals surface area contributed by atoms with Gasteiger partial charge in [0.25, 0.3) is 0 Å². The van der Waals surface area contributed by atoms with Crippen LogP contribution < -0.4 is 0 Å². The molecule has 6 aromatic rings. The molecule has 0 amide bonds. The molecule has 2 aromatic heterocycles. The Morgan fingerprint density at radius 3 is 1.70 bits per heavy atom. The first-order valence-corrected chi connectivity index (χ1v) is 11.0. The van der Waals surface area contributed by atoms with Crippen molar-refractivity contribution in [1.82, 2.24) is 30.0 Å². The molecule has 160 valence electrons. The Hall–Kier alpha value is -4.32. The van der Waals surface area contributed by atoms with Crippen LogP contribution in [-0.2, 0) is 12.1 Å². The molecule has 0 radical (unpaired) electrons. The van der Waals surface area contributed by atoms with Gasteiger partial charge in [-0.1, -0.05) is 94.9 Å². The average molecular weight is 431 g/mol. The molecule has 0 atom stereocenters. The number of nitrogens with zero attached hydrogens (tertiary/aromatic N) is 6. The average Bonchev–Trinajstić information content (AvgIpc) is 3.49. The molecular weight excluding hydrogens is 408 g/mol. The Labute approximate surface area is 191 Å². The molecule has 33 heavy (non-hydrogen) atoms. The number of rotatable bonds is 5. The van der Waals surface area contributed by atoms with Crippen LogP contribution in [-0.4, -0.2) is 30.0 Å². The van der Waals surface area contributed by atoms with Crippen molar-refractivity contribution in [2.45, 2.75) is 19.0 Å². The number of aryl methyl sites for hydroxylation is 1. The number of benzene rings is 4. The first-order valence-electron chi connectivity index (χ1n) is 11.0. The summed E-state index contributed by atoms with van der Waals surface area (Å²) in [6.45, 7) is 2.10. The van der Waals surface area contributed by atoms with Gasteiger partial charge in [0.2, 0.25) is 0 Å². The van der Waals surface area contributed by atoms with Crippen molar-refractivity contribution in [3.8, 4) is 0 Å². The Balaban J connectivity index is 1.75. The van der Waals surface area contributed by atoms with E-state index in [0.717, 1.165) is 33.2 Å². The van der Waals surface area contributed by atoms with E-state index in [4.69, 9.17) is 10.4 Å². The zero-order valence-corrected chi connectivity index (χ0v) is 18.2. The summed E-state index contributed by atoms with van der Waals surface area (Å²) < 4.78 is 4.00. The highest BCUT2D eigenvalue weighted by Gasteiger charge is 2.41. The minimum Gasteiger partial charge on any atom is -0.212 e. The Kier molecular flexibility index (Phi) is 4.50. The lowest BCUT2D eigenvalue weighted by molar-refractivity contribution is 0.241. The van der Waals surface area contributed by atoms with Crippen molar-refractivity contribution in [2.75, 3.05) is 0 Å². The number of aromatic nitrogens is 6. The predicted octanol–water partition coefficient (Wildman–Crippen LogP) is 4.98. The summed E-state index contributed by atoms with van der Waals surface area (Å²) in [6, 6.07) is 35.1. The second-order valence-electron chi connectivity index (χ2n) is 8.32. The Morgan fingerprint density at radius 1 is 0.606 bits per heavy atom. The van der Waals surface area contributed by atoms with Crippen LogP contribution in [0, 0.1) is 6.92 Å². The van der Waals surface area contributed by atoms with Gasteiger partial charge in [-0.15, -0.1) is 10.2 Å². The van der Waals surface area contributed by atoms with Gasteiger partial charge in [0.15, 0.2) is 5.66 Å². The van der Waals surface area contributed by atoms with Crippen LogP contribution >= 0.6 is 0 Å². The van der Waals surface area contributed by atoms with E-state index < -0.39 is 5.66 Å². The van der Waals surface area contributed by atoms with E-state index in [0.29, 0.717) is 6.42 Å². The zero-order chi connectivity index (χ0) is 22.3. The molecule has 0 aliphatic carbocycles. The summed E-state index contributed by atoms with van der Waals surface area (Å²) in [5, 5.41) is 18.4. The van der Waals surface area contributed by atoms with E-state index in [9.17, 15) is 0 Å². The fraction of sp³-hybridized carbons (Fsp3) is 0.111. The third-order valence-electron chi connectivity index (χ3n) is 6.21. The van der Waals surface area contributed by atoms with E-state index in [1.54, 1.807) is 0 Å². The SMILES string of the molecule is Cc1ccc(C(Cc2ccccc2)(n2nnc3ccccc32)n2nnc3ccccc32)cc1. The molecule has 0 saturated carbocycles.